The van der Waals surface area contributed by atoms with Gasteiger partial charge in [-0.25, -0.2) is 0 Å². The van der Waals surface area contributed by atoms with Crippen LogP contribution in [0.4, 0.5) is 0 Å². The van der Waals surface area contributed by atoms with Gasteiger partial charge in [-0.05, 0) is 44.2 Å². The van der Waals surface area contributed by atoms with E-state index in [1.807, 2.05) is 48.5 Å². The maximum Gasteiger partial charge on any atom is 0.232 e. The molecular formula is C25H28N2O2. The minimum Gasteiger partial charge on any atom is -0.457 e. The number of hydrogen-bond donors (Lipinski definition) is 1. The molecule has 0 bridgehead atoms. The highest BCUT2D eigenvalue weighted by Gasteiger charge is 2.56. The molecule has 29 heavy (non-hydrogen) atoms. The van der Waals surface area contributed by atoms with Crippen molar-refractivity contribution in [2.75, 3.05) is 19.6 Å². The maximum absolute atomic E-state index is 13.3. The molecule has 2 aromatic carbocycles. The summed E-state index contributed by atoms with van der Waals surface area (Å²) < 4.78 is 6.03. The number of para-hydroxylation sites is 2. The first kappa shape index (κ1) is 18.4. The summed E-state index contributed by atoms with van der Waals surface area (Å²) in [5.74, 6) is 2.59. The molecule has 2 aliphatic heterocycles. The van der Waals surface area contributed by atoms with Crippen LogP contribution in [0, 0.1) is 11.8 Å². The van der Waals surface area contributed by atoms with Crippen molar-refractivity contribution in [3.63, 3.8) is 0 Å². The maximum atomic E-state index is 13.3. The van der Waals surface area contributed by atoms with E-state index in [1.165, 1.54) is 5.57 Å². The number of likely N-dealkylation sites (tertiary alicyclic amines) is 1. The van der Waals surface area contributed by atoms with Crippen LogP contribution in [0.3, 0.4) is 0 Å². The van der Waals surface area contributed by atoms with Crippen molar-refractivity contribution in [2.45, 2.75) is 32.2 Å². The fourth-order valence-corrected chi connectivity index (χ4v) is 4.99. The van der Waals surface area contributed by atoms with Crippen molar-refractivity contribution >= 4 is 5.91 Å². The van der Waals surface area contributed by atoms with Crippen molar-refractivity contribution in [1.82, 2.24) is 10.2 Å². The van der Waals surface area contributed by atoms with Crippen molar-refractivity contribution in [3.05, 3.63) is 71.3 Å². The van der Waals surface area contributed by atoms with Crippen LogP contribution in [0.2, 0.25) is 0 Å². The average Bonchev–Trinajstić information content (AvgIpc) is 3.15. The molecule has 1 N–H and O–H groups in total. The number of fused-ring (bicyclic) bond motifs is 3. The van der Waals surface area contributed by atoms with Crippen molar-refractivity contribution in [2.24, 2.45) is 11.8 Å². The van der Waals surface area contributed by atoms with Gasteiger partial charge in [0.1, 0.15) is 11.5 Å². The van der Waals surface area contributed by atoms with E-state index in [0.29, 0.717) is 17.9 Å². The fourth-order valence-electron chi connectivity index (χ4n) is 4.99. The van der Waals surface area contributed by atoms with Crippen LogP contribution in [0.15, 0.2) is 60.2 Å². The number of nitrogens with zero attached hydrogens (tertiary/aromatic N) is 1. The van der Waals surface area contributed by atoms with Crippen LogP contribution in [-0.2, 0) is 4.79 Å². The van der Waals surface area contributed by atoms with E-state index in [9.17, 15) is 4.79 Å². The van der Waals surface area contributed by atoms with Gasteiger partial charge in [-0.3, -0.25) is 4.79 Å². The summed E-state index contributed by atoms with van der Waals surface area (Å²) in [6.45, 7) is 7.64. The van der Waals surface area contributed by atoms with E-state index in [-0.39, 0.29) is 11.8 Å². The monoisotopic (exact) mass is 388 g/mol. The van der Waals surface area contributed by atoms with Gasteiger partial charge < -0.3 is 15.0 Å². The Hall–Kier alpha value is -2.59. The Morgan fingerprint density at radius 3 is 2.21 bits per heavy atom. The first-order valence-corrected chi connectivity index (χ1v) is 10.6. The minimum atomic E-state index is -0.300. The number of ether oxygens (including phenoxy) is 1. The molecule has 4 heteroatoms. The Balaban J connectivity index is 1.26. The second-order valence-electron chi connectivity index (χ2n) is 8.80. The lowest BCUT2D eigenvalue weighted by Gasteiger charge is -2.28. The van der Waals surface area contributed by atoms with Crippen LogP contribution >= 0.6 is 0 Å². The quantitative estimate of drug-likeness (QED) is 0.776. The van der Waals surface area contributed by atoms with Gasteiger partial charge in [-0.1, -0.05) is 48.0 Å². The Labute approximate surface area is 172 Å². The predicted molar refractivity (Wildman–Crippen MR) is 114 cm³/mol. The summed E-state index contributed by atoms with van der Waals surface area (Å²) in [5, 5.41) is 3.37. The van der Waals surface area contributed by atoms with Crippen LogP contribution in [0.25, 0.3) is 0 Å². The van der Waals surface area contributed by atoms with E-state index < -0.39 is 0 Å². The topological polar surface area (TPSA) is 41.6 Å². The second-order valence-corrected chi connectivity index (χ2v) is 8.80. The molecule has 1 saturated heterocycles. The first-order chi connectivity index (χ1) is 14.1. The van der Waals surface area contributed by atoms with E-state index >= 15 is 0 Å². The number of carbonyl (C=O) groups excluding carboxylic acids is 1. The molecule has 4 nitrogen and oxygen atoms in total. The molecule has 5 rings (SSSR count). The summed E-state index contributed by atoms with van der Waals surface area (Å²) in [7, 11) is 0. The van der Waals surface area contributed by atoms with Gasteiger partial charge in [0.2, 0.25) is 5.91 Å². The van der Waals surface area contributed by atoms with Crippen LogP contribution in [0.5, 0.6) is 11.5 Å². The van der Waals surface area contributed by atoms with Crippen LogP contribution in [0.1, 0.15) is 37.3 Å². The largest absolute Gasteiger partial charge is 0.457 e. The van der Waals surface area contributed by atoms with Gasteiger partial charge in [0.25, 0.3) is 0 Å². The third kappa shape index (κ3) is 3.46. The lowest BCUT2D eigenvalue weighted by atomic mass is 9.87. The molecule has 3 atom stereocenters. The van der Waals surface area contributed by atoms with E-state index in [0.717, 1.165) is 48.7 Å². The van der Waals surface area contributed by atoms with Crippen LogP contribution < -0.4 is 10.1 Å². The third-order valence-corrected chi connectivity index (χ3v) is 6.52. The van der Waals surface area contributed by atoms with Gasteiger partial charge in [0.05, 0.1) is 5.92 Å². The highest BCUT2D eigenvalue weighted by molar-refractivity contribution is 5.90. The molecule has 1 saturated carbocycles. The molecule has 1 unspecified atom stereocenters. The number of piperidine rings is 1. The normalized spacial score (nSPS) is 24.7. The number of hydrogen-bond acceptors (Lipinski definition) is 3. The standard InChI is InChI=1S/C25H28N2O2/c1-16(2)8-7-13-27-14-19-20(15-27)24(19)26-25(28)23-17-9-3-5-11-21(17)29-22-12-6-4-10-18(22)23/h3-6,8-12,19-20,23-24H,7,13-15H2,1-2H3,(H,26,28)/t19-,20+,24?. The molecule has 1 amide bonds. The van der Waals surface area contributed by atoms with Gasteiger partial charge in [-0.15, -0.1) is 0 Å². The summed E-state index contributed by atoms with van der Waals surface area (Å²) >= 11 is 0. The van der Waals surface area contributed by atoms with E-state index in [4.69, 9.17) is 4.74 Å². The Kier molecular flexibility index (Phi) is 4.67. The van der Waals surface area contributed by atoms with Gasteiger partial charge in [0.15, 0.2) is 0 Å². The molecule has 0 radical (unpaired) electrons. The molecule has 2 aromatic rings. The minimum absolute atomic E-state index is 0.101. The number of amides is 1. The first-order valence-electron chi connectivity index (χ1n) is 10.6. The van der Waals surface area contributed by atoms with Crippen molar-refractivity contribution < 1.29 is 9.53 Å². The number of nitrogens with one attached hydrogen (secondary N) is 1. The van der Waals surface area contributed by atoms with E-state index in [2.05, 4.69) is 30.1 Å². The Morgan fingerprint density at radius 1 is 1.03 bits per heavy atom. The van der Waals surface area contributed by atoms with Crippen LogP contribution in [-0.4, -0.2) is 36.5 Å². The predicted octanol–water partition coefficient (Wildman–Crippen LogP) is 4.33. The highest BCUT2D eigenvalue weighted by atomic mass is 16.5. The Bertz CT molecular complexity index is 905. The molecule has 2 heterocycles. The molecule has 2 fully saturated rings. The second kappa shape index (κ2) is 7.34. The lowest BCUT2D eigenvalue weighted by molar-refractivity contribution is -0.122. The fraction of sp³-hybridized carbons (Fsp3) is 0.400. The summed E-state index contributed by atoms with van der Waals surface area (Å²) in [6.07, 6.45) is 3.43. The van der Waals surface area contributed by atoms with Crippen molar-refractivity contribution in [1.29, 1.82) is 0 Å². The van der Waals surface area contributed by atoms with E-state index in [1.54, 1.807) is 0 Å². The van der Waals surface area contributed by atoms with Crippen molar-refractivity contribution in [3.8, 4) is 11.5 Å². The molecule has 1 aliphatic carbocycles. The molecule has 0 aromatic heterocycles. The number of carbonyl (C=O) groups is 1. The summed E-state index contributed by atoms with van der Waals surface area (Å²) in [6, 6.07) is 16.1. The molecular weight excluding hydrogens is 360 g/mol. The highest BCUT2D eigenvalue weighted by Crippen LogP contribution is 2.48. The zero-order valence-electron chi connectivity index (χ0n) is 17.1. The zero-order chi connectivity index (χ0) is 20.0. The summed E-state index contributed by atoms with van der Waals surface area (Å²) in [5.41, 5.74) is 3.30. The number of benzene rings is 2. The van der Waals surface area contributed by atoms with Gasteiger partial charge >= 0.3 is 0 Å². The SMILES string of the molecule is CC(C)=CCCN1C[C@@H]2C(NC(=O)C3c4ccccc4Oc4ccccc43)[C@@H]2C1. The molecule has 3 aliphatic rings. The summed E-state index contributed by atoms with van der Waals surface area (Å²) in [4.78, 5) is 15.9. The molecule has 0 spiro atoms. The van der Waals surface area contributed by atoms with Gasteiger partial charge in [-0.2, -0.15) is 0 Å². The zero-order valence-corrected chi connectivity index (χ0v) is 17.1. The third-order valence-electron chi connectivity index (χ3n) is 6.52. The lowest BCUT2D eigenvalue weighted by Crippen LogP contribution is -2.38. The van der Waals surface area contributed by atoms with Gasteiger partial charge in [0, 0.05) is 36.8 Å². The molecule has 150 valence electrons. The number of rotatable bonds is 5. The Morgan fingerprint density at radius 2 is 1.62 bits per heavy atom. The number of allylic oxidation sites excluding steroid dienone is 1. The average molecular weight is 389 g/mol. The smallest absolute Gasteiger partial charge is 0.232 e.